The Morgan fingerprint density at radius 2 is 2.10 bits per heavy atom. The Kier molecular flexibility index (Phi) is 3.91. The molecule has 2 fully saturated rings. The van der Waals surface area contributed by atoms with E-state index in [1.54, 1.807) is 0 Å². The van der Waals surface area contributed by atoms with E-state index >= 15 is 0 Å². The molecule has 2 unspecified atom stereocenters. The second-order valence-corrected chi connectivity index (χ2v) is 6.72. The van der Waals surface area contributed by atoms with Crippen LogP contribution in [0.5, 0.6) is 5.75 Å². The fourth-order valence-corrected chi connectivity index (χ4v) is 3.22. The van der Waals surface area contributed by atoms with Gasteiger partial charge in [0.25, 0.3) is 0 Å². The summed E-state index contributed by atoms with van der Waals surface area (Å²) in [7, 11) is 0. The monoisotopic (exact) mass is 284 g/mol. The van der Waals surface area contributed by atoms with Gasteiger partial charge in [0, 0.05) is 12.5 Å². The van der Waals surface area contributed by atoms with Gasteiger partial charge in [0.05, 0.1) is 6.07 Å². The Labute approximate surface area is 127 Å². The van der Waals surface area contributed by atoms with Gasteiger partial charge in [0.15, 0.2) is 0 Å². The number of nitriles is 1. The van der Waals surface area contributed by atoms with Gasteiger partial charge in [0.2, 0.25) is 0 Å². The number of nitrogens with zero attached hydrogens (tertiary/aromatic N) is 1. The summed E-state index contributed by atoms with van der Waals surface area (Å²) in [6, 6.07) is 9.42. The van der Waals surface area contributed by atoms with E-state index in [1.807, 2.05) is 0 Å². The molecule has 1 aromatic rings. The molecule has 0 aliphatic heterocycles. The van der Waals surface area contributed by atoms with E-state index in [-0.39, 0.29) is 11.6 Å². The second kappa shape index (κ2) is 5.69. The maximum absolute atomic E-state index is 9.63. The summed E-state index contributed by atoms with van der Waals surface area (Å²) in [5, 5.41) is 13.2. The number of benzene rings is 1. The van der Waals surface area contributed by atoms with Crippen LogP contribution in [-0.2, 0) is 0 Å². The first-order chi connectivity index (χ1) is 10.1. The van der Waals surface area contributed by atoms with Gasteiger partial charge in [-0.25, -0.2) is 0 Å². The van der Waals surface area contributed by atoms with Crippen molar-refractivity contribution in [3.63, 3.8) is 0 Å². The Hall–Kier alpha value is -1.53. The highest BCUT2D eigenvalue weighted by Gasteiger charge is 2.41. The van der Waals surface area contributed by atoms with Gasteiger partial charge < -0.3 is 4.74 Å². The number of hydrogen-bond donors (Lipinski definition) is 1. The van der Waals surface area contributed by atoms with Gasteiger partial charge in [-0.3, -0.25) is 5.32 Å². The van der Waals surface area contributed by atoms with Crippen LogP contribution >= 0.6 is 0 Å². The molecule has 3 heteroatoms. The highest BCUT2D eigenvalue weighted by molar-refractivity contribution is 5.36. The van der Waals surface area contributed by atoms with E-state index in [4.69, 9.17) is 4.74 Å². The van der Waals surface area contributed by atoms with Gasteiger partial charge in [-0.1, -0.05) is 12.1 Å². The molecule has 2 aliphatic rings. The Morgan fingerprint density at radius 1 is 1.29 bits per heavy atom. The van der Waals surface area contributed by atoms with Crippen LogP contribution in [0.1, 0.15) is 49.7 Å². The van der Waals surface area contributed by atoms with Crippen molar-refractivity contribution in [1.29, 1.82) is 5.26 Å². The Bertz CT molecular complexity index is 559. The van der Waals surface area contributed by atoms with E-state index < -0.39 is 0 Å². The summed E-state index contributed by atoms with van der Waals surface area (Å²) in [4.78, 5) is 0. The van der Waals surface area contributed by atoms with Gasteiger partial charge in [0.1, 0.15) is 17.4 Å². The molecule has 2 atom stereocenters. The number of nitrogens with one attached hydrogen (secondary N) is 1. The van der Waals surface area contributed by atoms with Crippen LogP contribution in [0.25, 0.3) is 0 Å². The van der Waals surface area contributed by atoms with Crippen LogP contribution in [0.3, 0.4) is 0 Å². The summed E-state index contributed by atoms with van der Waals surface area (Å²) >= 11 is 0. The molecular weight excluding hydrogens is 260 g/mol. The molecule has 0 spiro atoms. The topological polar surface area (TPSA) is 45.0 Å². The summed E-state index contributed by atoms with van der Waals surface area (Å²) < 4.78 is 6.23. The molecule has 0 bridgehead atoms. The first-order valence-corrected chi connectivity index (χ1v) is 8.03. The maximum Gasteiger partial charge on any atom is 0.122 e. The van der Waals surface area contributed by atoms with Gasteiger partial charge >= 0.3 is 0 Å². The normalized spacial score (nSPS) is 28.9. The van der Waals surface area contributed by atoms with Crippen molar-refractivity contribution in [2.75, 3.05) is 0 Å². The van der Waals surface area contributed by atoms with Crippen molar-refractivity contribution in [1.82, 2.24) is 5.32 Å². The average Bonchev–Trinajstić information content (AvgIpc) is 3.27. The predicted octanol–water partition coefficient (Wildman–Crippen LogP) is 3.64. The minimum Gasteiger partial charge on any atom is -0.490 e. The molecule has 0 radical (unpaired) electrons. The lowest BCUT2D eigenvalue weighted by Gasteiger charge is -2.37. The number of ether oxygens (including phenoxy) is 1. The molecule has 3 nitrogen and oxygen atoms in total. The van der Waals surface area contributed by atoms with Crippen LogP contribution in [0.2, 0.25) is 0 Å². The summed E-state index contributed by atoms with van der Waals surface area (Å²) in [6.07, 6.45) is 6.43. The zero-order valence-electron chi connectivity index (χ0n) is 13.0. The van der Waals surface area contributed by atoms with E-state index in [2.05, 4.69) is 43.4 Å². The zero-order valence-corrected chi connectivity index (χ0v) is 13.0. The average molecular weight is 284 g/mol. The lowest BCUT2D eigenvalue weighted by atomic mass is 9.81. The maximum atomic E-state index is 9.63. The first kappa shape index (κ1) is 14.4. The standard InChI is InChI=1S/C18H24N2O/c1-13-5-6-14(2)17(10-13)21-16-4-3-9-18(11-16,12-19)20-15-7-8-15/h5-6,10,15-16,20H,3-4,7-9,11H2,1-2H3. The van der Waals surface area contributed by atoms with Crippen LogP contribution in [-0.4, -0.2) is 17.7 Å². The molecular formula is C18H24N2O. The molecule has 112 valence electrons. The lowest BCUT2D eigenvalue weighted by Crippen LogP contribution is -2.50. The smallest absolute Gasteiger partial charge is 0.122 e. The highest BCUT2D eigenvalue weighted by atomic mass is 16.5. The summed E-state index contributed by atoms with van der Waals surface area (Å²) in [6.45, 7) is 4.17. The second-order valence-electron chi connectivity index (χ2n) is 6.72. The Balaban J connectivity index is 1.70. The van der Waals surface area contributed by atoms with Crippen molar-refractivity contribution < 1.29 is 4.74 Å². The van der Waals surface area contributed by atoms with E-state index in [9.17, 15) is 5.26 Å². The summed E-state index contributed by atoms with van der Waals surface area (Å²) in [5.41, 5.74) is 2.01. The van der Waals surface area contributed by atoms with Crippen LogP contribution in [0, 0.1) is 25.2 Å². The molecule has 3 rings (SSSR count). The van der Waals surface area contributed by atoms with Gasteiger partial charge in [-0.2, -0.15) is 5.26 Å². The molecule has 2 saturated carbocycles. The van der Waals surface area contributed by atoms with Crippen molar-refractivity contribution in [3.8, 4) is 11.8 Å². The lowest BCUT2D eigenvalue weighted by molar-refractivity contribution is 0.111. The largest absolute Gasteiger partial charge is 0.490 e. The van der Waals surface area contributed by atoms with E-state index in [0.29, 0.717) is 6.04 Å². The van der Waals surface area contributed by atoms with Crippen LogP contribution in [0.4, 0.5) is 0 Å². The van der Waals surface area contributed by atoms with Gasteiger partial charge in [-0.15, -0.1) is 0 Å². The third-order valence-electron chi connectivity index (χ3n) is 4.61. The van der Waals surface area contributed by atoms with E-state index in [1.165, 1.54) is 24.0 Å². The summed E-state index contributed by atoms with van der Waals surface area (Å²) in [5.74, 6) is 0.972. The predicted molar refractivity (Wildman–Crippen MR) is 83.3 cm³/mol. The molecule has 0 heterocycles. The van der Waals surface area contributed by atoms with Crippen molar-refractivity contribution in [2.24, 2.45) is 0 Å². The molecule has 0 amide bonds. The first-order valence-electron chi connectivity index (χ1n) is 8.03. The molecule has 0 aromatic heterocycles. The quantitative estimate of drug-likeness (QED) is 0.918. The Morgan fingerprint density at radius 3 is 2.81 bits per heavy atom. The van der Waals surface area contributed by atoms with Crippen molar-refractivity contribution in [3.05, 3.63) is 29.3 Å². The van der Waals surface area contributed by atoms with Crippen molar-refractivity contribution in [2.45, 2.75) is 70.1 Å². The number of rotatable bonds is 4. The van der Waals surface area contributed by atoms with Crippen LogP contribution in [0.15, 0.2) is 18.2 Å². The molecule has 1 N–H and O–H groups in total. The number of aryl methyl sites for hydroxylation is 2. The fourth-order valence-electron chi connectivity index (χ4n) is 3.22. The molecule has 2 aliphatic carbocycles. The van der Waals surface area contributed by atoms with Gasteiger partial charge in [-0.05, 0) is 63.1 Å². The zero-order chi connectivity index (χ0) is 14.9. The molecule has 21 heavy (non-hydrogen) atoms. The van der Waals surface area contributed by atoms with E-state index in [0.717, 1.165) is 31.4 Å². The molecule has 1 aromatic carbocycles. The minimum atomic E-state index is -0.373. The molecule has 0 saturated heterocycles. The highest BCUT2D eigenvalue weighted by Crippen LogP contribution is 2.34. The van der Waals surface area contributed by atoms with Crippen molar-refractivity contribution >= 4 is 0 Å². The SMILES string of the molecule is Cc1ccc(C)c(OC2CCCC(C#N)(NC3CC3)C2)c1. The number of hydrogen-bond acceptors (Lipinski definition) is 3. The third-order valence-corrected chi connectivity index (χ3v) is 4.61. The minimum absolute atomic E-state index is 0.144. The van der Waals surface area contributed by atoms with Crippen LogP contribution < -0.4 is 10.1 Å². The fraction of sp³-hybridized carbons (Fsp3) is 0.611. The third kappa shape index (κ3) is 3.39.